The Morgan fingerprint density at radius 2 is 1.62 bits per heavy atom. The molecule has 0 spiro atoms. The molecular weight excluding hydrogens is 398 g/mol. The highest BCUT2D eigenvalue weighted by atomic mass is 16.2. The number of hydrogen-bond donors (Lipinski definition) is 2. The van der Waals surface area contributed by atoms with Crippen molar-refractivity contribution in [3.8, 4) is 11.1 Å². The van der Waals surface area contributed by atoms with Crippen molar-refractivity contribution in [2.45, 2.75) is 26.3 Å². The van der Waals surface area contributed by atoms with Gasteiger partial charge in [0.25, 0.3) is 5.91 Å². The lowest BCUT2D eigenvalue weighted by molar-refractivity contribution is -0.117. The molecule has 164 valence electrons. The molecule has 1 fully saturated rings. The molecule has 5 nitrogen and oxygen atoms in total. The second-order valence-electron chi connectivity index (χ2n) is 8.76. The van der Waals surface area contributed by atoms with Crippen molar-refractivity contribution >= 4 is 23.2 Å². The van der Waals surface area contributed by atoms with Crippen LogP contribution in [0.15, 0.2) is 66.7 Å². The maximum atomic E-state index is 12.7. The average Bonchev–Trinajstić information content (AvgIpc) is 3.61. The van der Waals surface area contributed by atoms with E-state index in [0.29, 0.717) is 5.56 Å². The maximum absolute atomic E-state index is 12.7. The van der Waals surface area contributed by atoms with Crippen LogP contribution in [-0.4, -0.2) is 30.8 Å². The smallest absolute Gasteiger partial charge is 0.255 e. The summed E-state index contributed by atoms with van der Waals surface area (Å²) < 4.78 is 0. The van der Waals surface area contributed by atoms with Crippen molar-refractivity contribution in [3.05, 3.63) is 83.4 Å². The zero-order valence-electron chi connectivity index (χ0n) is 18.8. The molecule has 0 unspecified atom stereocenters. The van der Waals surface area contributed by atoms with Crippen LogP contribution in [0.5, 0.6) is 0 Å². The second kappa shape index (κ2) is 9.37. The number of nitrogens with one attached hydrogen (secondary N) is 2. The summed E-state index contributed by atoms with van der Waals surface area (Å²) in [6.07, 6.45) is 1.96. The number of benzene rings is 3. The number of carbonyl (C=O) groups excluding carboxylic acids is 2. The SMILES string of the molecule is Cc1ccc(NC(=O)C2CC2)cc1-c1ccc(C(=O)Nc2cccc(CN(C)C)c2)cc1. The van der Waals surface area contributed by atoms with Gasteiger partial charge in [-0.15, -0.1) is 0 Å². The zero-order chi connectivity index (χ0) is 22.7. The van der Waals surface area contributed by atoms with Crippen LogP contribution in [0.1, 0.15) is 34.3 Å². The van der Waals surface area contributed by atoms with E-state index in [1.54, 1.807) is 0 Å². The number of aryl methyl sites for hydroxylation is 1. The van der Waals surface area contributed by atoms with Crippen LogP contribution in [0, 0.1) is 12.8 Å². The van der Waals surface area contributed by atoms with Gasteiger partial charge in [0.15, 0.2) is 0 Å². The summed E-state index contributed by atoms with van der Waals surface area (Å²) in [4.78, 5) is 26.9. The molecule has 0 aliphatic heterocycles. The van der Waals surface area contributed by atoms with E-state index < -0.39 is 0 Å². The molecule has 0 aromatic heterocycles. The van der Waals surface area contributed by atoms with Crippen LogP contribution in [0.3, 0.4) is 0 Å². The Kier molecular flexibility index (Phi) is 6.37. The Labute approximate surface area is 189 Å². The largest absolute Gasteiger partial charge is 0.326 e. The first-order valence-electron chi connectivity index (χ1n) is 11.0. The van der Waals surface area contributed by atoms with E-state index in [-0.39, 0.29) is 17.7 Å². The number of hydrogen-bond acceptors (Lipinski definition) is 3. The van der Waals surface area contributed by atoms with Crippen LogP contribution in [0.25, 0.3) is 11.1 Å². The van der Waals surface area contributed by atoms with Crippen LogP contribution in [-0.2, 0) is 11.3 Å². The lowest BCUT2D eigenvalue weighted by atomic mass is 9.98. The first kappa shape index (κ1) is 21.8. The molecule has 1 saturated carbocycles. The normalized spacial score (nSPS) is 13.1. The molecule has 1 aliphatic carbocycles. The molecule has 0 radical (unpaired) electrons. The first-order valence-corrected chi connectivity index (χ1v) is 11.0. The summed E-state index contributed by atoms with van der Waals surface area (Å²) in [5, 5.41) is 5.99. The van der Waals surface area contributed by atoms with E-state index in [2.05, 4.69) is 15.5 Å². The molecule has 1 aliphatic rings. The van der Waals surface area contributed by atoms with Crippen LogP contribution >= 0.6 is 0 Å². The quantitative estimate of drug-likeness (QED) is 0.536. The molecule has 0 bridgehead atoms. The highest BCUT2D eigenvalue weighted by molar-refractivity contribution is 6.04. The minimum Gasteiger partial charge on any atom is -0.326 e. The summed E-state index contributed by atoms with van der Waals surface area (Å²) in [5.74, 6) is 0.128. The zero-order valence-corrected chi connectivity index (χ0v) is 18.8. The number of rotatable bonds is 7. The molecule has 32 heavy (non-hydrogen) atoms. The molecule has 0 atom stereocenters. The van der Waals surface area contributed by atoms with E-state index >= 15 is 0 Å². The van der Waals surface area contributed by atoms with Crippen molar-refractivity contribution in [2.75, 3.05) is 24.7 Å². The molecule has 4 rings (SSSR count). The highest BCUT2D eigenvalue weighted by Crippen LogP contribution is 2.32. The van der Waals surface area contributed by atoms with Gasteiger partial charge in [-0.1, -0.05) is 30.3 Å². The topological polar surface area (TPSA) is 61.4 Å². The molecule has 0 saturated heterocycles. The fourth-order valence-electron chi connectivity index (χ4n) is 3.72. The number of anilines is 2. The fraction of sp³-hybridized carbons (Fsp3) is 0.259. The standard InChI is InChI=1S/C27H29N3O2/c1-18-7-14-24(29-27(32)22-12-13-22)16-25(18)20-8-10-21(11-9-20)26(31)28-23-6-4-5-19(15-23)17-30(2)3/h4-11,14-16,22H,12-13,17H2,1-3H3,(H,28,31)(H,29,32). The Balaban J connectivity index is 1.47. The van der Waals surface area contributed by atoms with Crippen molar-refractivity contribution < 1.29 is 9.59 Å². The molecule has 3 aromatic carbocycles. The summed E-state index contributed by atoms with van der Waals surface area (Å²) in [6, 6.07) is 21.4. The summed E-state index contributed by atoms with van der Waals surface area (Å²) in [7, 11) is 4.04. The predicted molar refractivity (Wildman–Crippen MR) is 130 cm³/mol. The van der Waals surface area contributed by atoms with Gasteiger partial charge in [-0.2, -0.15) is 0 Å². The summed E-state index contributed by atoms with van der Waals surface area (Å²) in [5.41, 5.74) is 6.51. The third-order valence-electron chi connectivity index (χ3n) is 5.59. The molecule has 3 aromatic rings. The van der Waals surface area contributed by atoms with Gasteiger partial charge >= 0.3 is 0 Å². The van der Waals surface area contributed by atoms with Crippen molar-refractivity contribution in [2.24, 2.45) is 5.92 Å². The number of carbonyl (C=O) groups is 2. The summed E-state index contributed by atoms with van der Waals surface area (Å²) >= 11 is 0. The van der Waals surface area contributed by atoms with E-state index in [9.17, 15) is 9.59 Å². The van der Waals surface area contributed by atoms with Gasteiger partial charge < -0.3 is 15.5 Å². The Morgan fingerprint density at radius 3 is 2.31 bits per heavy atom. The lowest BCUT2D eigenvalue weighted by Gasteiger charge is -2.12. The van der Waals surface area contributed by atoms with Crippen molar-refractivity contribution in [1.82, 2.24) is 4.90 Å². The minimum absolute atomic E-state index is 0.0986. The number of amides is 2. The van der Waals surface area contributed by atoms with E-state index in [0.717, 1.165) is 53.0 Å². The van der Waals surface area contributed by atoms with Crippen molar-refractivity contribution in [1.29, 1.82) is 0 Å². The molecule has 2 N–H and O–H groups in total. The van der Waals surface area contributed by atoms with Gasteiger partial charge in [0.1, 0.15) is 0 Å². The third-order valence-corrected chi connectivity index (χ3v) is 5.59. The average molecular weight is 428 g/mol. The van der Waals surface area contributed by atoms with Gasteiger partial charge in [-0.3, -0.25) is 9.59 Å². The third kappa shape index (κ3) is 5.42. The van der Waals surface area contributed by atoms with Gasteiger partial charge in [-0.25, -0.2) is 0 Å². The number of nitrogens with zero attached hydrogens (tertiary/aromatic N) is 1. The predicted octanol–water partition coefficient (Wildman–Crippen LogP) is 5.32. The maximum Gasteiger partial charge on any atom is 0.255 e. The van der Waals surface area contributed by atoms with E-state index in [1.807, 2.05) is 87.7 Å². The molecule has 5 heteroatoms. The first-order chi connectivity index (χ1) is 15.4. The Bertz CT molecular complexity index is 1130. The summed E-state index contributed by atoms with van der Waals surface area (Å²) in [6.45, 7) is 2.86. The van der Waals surface area contributed by atoms with Crippen LogP contribution in [0.4, 0.5) is 11.4 Å². The Hall–Kier alpha value is -3.44. The van der Waals surface area contributed by atoms with Gasteiger partial charge in [-0.05, 0) is 92.5 Å². The van der Waals surface area contributed by atoms with Crippen molar-refractivity contribution in [3.63, 3.8) is 0 Å². The second-order valence-corrected chi connectivity index (χ2v) is 8.76. The molecule has 2 amide bonds. The highest BCUT2D eigenvalue weighted by Gasteiger charge is 2.29. The van der Waals surface area contributed by atoms with Crippen LogP contribution in [0.2, 0.25) is 0 Å². The fourth-order valence-corrected chi connectivity index (χ4v) is 3.72. The Morgan fingerprint density at radius 1 is 0.906 bits per heavy atom. The lowest BCUT2D eigenvalue weighted by Crippen LogP contribution is -2.13. The van der Waals surface area contributed by atoms with E-state index in [1.165, 1.54) is 0 Å². The van der Waals surface area contributed by atoms with Gasteiger partial charge in [0, 0.05) is 29.4 Å². The molecular formula is C27H29N3O2. The van der Waals surface area contributed by atoms with Gasteiger partial charge in [0.2, 0.25) is 5.91 Å². The van der Waals surface area contributed by atoms with E-state index in [4.69, 9.17) is 0 Å². The minimum atomic E-state index is -0.138. The van der Waals surface area contributed by atoms with Crippen LogP contribution < -0.4 is 10.6 Å². The monoisotopic (exact) mass is 427 g/mol. The van der Waals surface area contributed by atoms with Gasteiger partial charge in [0.05, 0.1) is 0 Å². The molecule has 0 heterocycles.